The molecule has 0 saturated heterocycles. The van der Waals surface area contributed by atoms with Crippen molar-refractivity contribution in [3.8, 4) is 0 Å². The fraction of sp³-hybridized carbons (Fsp3) is 0.742. The van der Waals surface area contributed by atoms with Gasteiger partial charge in [-0.1, -0.05) is 71.4 Å². The molecule has 0 bridgehead atoms. The van der Waals surface area contributed by atoms with Gasteiger partial charge in [0.15, 0.2) is 9.84 Å². The molecule has 0 spiro atoms. The second-order valence-electron chi connectivity index (χ2n) is 11.3. The van der Waals surface area contributed by atoms with Gasteiger partial charge in [-0.15, -0.1) is 0 Å². The number of aliphatic hydroxyl groups is 1. The minimum Gasteiger partial charge on any atom is -0.393 e. The molecular formula is C31H50O3S. The number of hydrogen-bond acceptors (Lipinski definition) is 3. The van der Waals surface area contributed by atoms with Crippen molar-refractivity contribution < 1.29 is 13.5 Å². The molecule has 0 aliphatic heterocycles. The van der Waals surface area contributed by atoms with Crippen LogP contribution in [0.2, 0.25) is 0 Å². The van der Waals surface area contributed by atoms with Crippen molar-refractivity contribution in [1.82, 2.24) is 0 Å². The van der Waals surface area contributed by atoms with E-state index < -0.39 is 9.84 Å². The topological polar surface area (TPSA) is 54.4 Å². The van der Waals surface area contributed by atoms with Crippen LogP contribution in [0, 0.1) is 40.9 Å². The van der Waals surface area contributed by atoms with Crippen LogP contribution in [-0.4, -0.2) is 25.4 Å². The number of sulfone groups is 1. The predicted molar refractivity (Wildman–Crippen MR) is 147 cm³/mol. The lowest BCUT2D eigenvalue weighted by atomic mass is 9.51. The van der Waals surface area contributed by atoms with Crippen LogP contribution >= 0.6 is 0 Å². The monoisotopic (exact) mass is 502 g/mol. The van der Waals surface area contributed by atoms with Gasteiger partial charge in [0.2, 0.25) is 0 Å². The smallest absolute Gasteiger partial charge is 0.178 e. The highest BCUT2D eigenvalue weighted by molar-refractivity contribution is 7.91. The van der Waals surface area contributed by atoms with E-state index >= 15 is 0 Å². The molecule has 4 heteroatoms. The summed E-state index contributed by atoms with van der Waals surface area (Å²) in [5.74, 6) is 3.91. The molecule has 0 radical (unpaired) electrons. The summed E-state index contributed by atoms with van der Waals surface area (Å²) in [4.78, 5) is 0.467. The lowest BCUT2D eigenvalue weighted by Gasteiger charge is -2.54. The Hall–Kier alpha value is -1.13. The second kappa shape index (κ2) is 11.9. The molecule has 8 atom stereocenters. The average Bonchev–Trinajstić information content (AvgIpc) is 3.24. The molecule has 3 saturated carbocycles. The molecule has 1 aromatic carbocycles. The Morgan fingerprint density at radius 1 is 0.971 bits per heavy atom. The highest BCUT2D eigenvalue weighted by Crippen LogP contribution is 2.64. The summed E-state index contributed by atoms with van der Waals surface area (Å²) in [5, 5.41) is 10.1. The molecule has 3 nitrogen and oxygen atoms in total. The van der Waals surface area contributed by atoms with Gasteiger partial charge in [-0.3, -0.25) is 0 Å². The molecule has 35 heavy (non-hydrogen) atoms. The van der Waals surface area contributed by atoms with E-state index in [-0.39, 0.29) is 23.2 Å². The third-order valence-electron chi connectivity index (χ3n) is 9.76. The summed E-state index contributed by atoms with van der Waals surface area (Å²) in [6, 6.07) is 8.99. The standard InChI is InChI=1S/C27H38O3S.2C2H6/c1-18(17-31(29,30)21-6-4-3-5-7-21)25-12-13-26-24-10-8-19-16-20(28)9-11-22(19)23(24)14-15-27(25,26)2;2*1-2/h3-8,18,20,22-26,28H,9-17H2,1-2H3;2*1-2H3/t18-,20?,22?,23?,24?,25?,26?,27?;;/m1../s1. The van der Waals surface area contributed by atoms with E-state index in [2.05, 4.69) is 19.9 Å². The number of rotatable bonds is 4. The first kappa shape index (κ1) is 28.4. The maximum absolute atomic E-state index is 13.0. The van der Waals surface area contributed by atoms with Crippen LogP contribution in [0.25, 0.3) is 0 Å². The van der Waals surface area contributed by atoms with Crippen molar-refractivity contribution >= 4 is 9.84 Å². The Balaban J connectivity index is 0.000000815. The van der Waals surface area contributed by atoms with Crippen LogP contribution in [0.1, 0.15) is 92.9 Å². The Kier molecular flexibility index (Phi) is 9.71. The summed E-state index contributed by atoms with van der Waals surface area (Å²) < 4.78 is 26.1. The van der Waals surface area contributed by atoms with Gasteiger partial charge >= 0.3 is 0 Å². The number of aliphatic hydroxyl groups excluding tert-OH is 1. The Morgan fingerprint density at radius 2 is 1.66 bits per heavy atom. The minimum absolute atomic E-state index is 0.129. The zero-order chi connectivity index (χ0) is 25.8. The SMILES string of the molecule is CC.CC.C[C@H](CS(=O)(=O)c1ccccc1)C1CCC2C3CC=C4CC(O)CCC4C3CCC21C. The summed E-state index contributed by atoms with van der Waals surface area (Å²) in [6.45, 7) is 12.7. The zero-order valence-electron chi connectivity index (χ0n) is 23.0. The van der Waals surface area contributed by atoms with E-state index in [4.69, 9.17) is 0 Å². The third kappa shape index (κ3) is 5.59. The van der Waals surface area contributed by atoms with E-state index in [1.807, 2.05) is 45.9 Å². The van der Waals surface area contributed by atoms with E-state index in [9.17, 15) is 13.5 Å². The van der Waals surface area contributed by atoms with E-state index in [0.717, 1.165) is 37.0 Å². The number of benzene rings is 1. The molecule has 1 aromatic rings. The molecule has 7 unspecified atom stereocenters. The Bertz CT molecular complexity index is 937. The van der Waals surface area contributed by atoms with Crippen LogP contribution in [0.5, 0.6) is 0 Å². The van der Waals surface area contributed by atoms with Gasteiger partial charge in [-0.25, -0.2) is 8.42 Å². The van der Waals surface area contributed by atoms with Gasteiger partial charge in [-0.2, -0.15) is 0 Å². The van der Waals surface area contributed by atoms with Crippen molar-refractivity contribution in [3.63, 3.8) is 0 Å². The van der Waals surface area contributed by atoms with E-state index in [1.54, 1.807) is 17.7 Å². The van der Waals surface area contributed by atoms with Crippen molar-refractivity contribution in [2.24, 2.45) is 40.9 Å². The van der Waals surface area contributed by atoms with Crippen LogP contribution in [0.4, 0.5) is 0 Å². The molecule has 0 amide bonds. The van der Waals surface area contributed by atoms with Gasteiger partial charge in [0.25, 0.3) is 0 Å². The van der Waals surface area contributed by atoms with Crippen molar-refractivity contribution in [1.29, 1.82) is 0 Å². The molecule has 5 rings (SSSR count). The number of hydrogen-bond donors (Lipinski definition) is 1. The summed E-state index contributed by atoms with van der Waals surface area (Å²) in [6.07, 6.45) is 11.5. The van der Waals surface area contributed by atoms with Crippen LogP contribution in [-0.2, 0) is 9.84 Å². The maximum Gasteiger partial charge on any atom is 0.178 e. The molecule has 3 fully saturated rings. The first-order valence-corrected chi connectivity index (χ1v) is 16.1. The fourth-order valence-electron chi connectivity index (χ4n) is 8.41. The number of allylic oxidation sites excluding steroid dienone is 1. The fourth-order valence-corrected chi connectivity index (χ4v) is 10.1. The molecule has 4 aliphatic carbocycles. The number of fused-ring (bicyclic) bond motifs is 5. The molecular weight excluding hydrogens is 452 g/mol. The van der Waals surface area contributed by atoms with Gasteiger partial charge < -0.3 is 5.11 Å². The van der Waals surface area contributed by atoms with Gasteiger partial charge in [-0.05, 0) is 104 Å². The van der Waals surface area contributed by atoms with Crippen molar-refractivity contribution in [2.45, 2.75) is 104 Å². The predicted octanol–water partition coefficient (Wildman–Crippen LogP) is 7.70. The molecule has 4 aliphatic rings. The molecule has 1 N–H and O–H groups in total. The van der Waals surface area contributed by atoms with Crippen molar-refractivity contribution in [3.05, 3.63) is 42.0 Å². The molecule has 0 heterocycles. The van der Waals surface area contributed by atoms with Crippen molar-refractivity contribution in [2.75, 3.05) is 5.75 Å². The summed E-state index contributed by atoms with van der Waals surface area (Å²) in [5.41, 5.74) is 1.81. The summed E-state index contributed by atoms with van der Waals surface area (Å²) >= 11 is 0. The normalized spacial score (nSPS) is 36.6. The molecule has 198 valence electrons. The second-order valence-corrected chi connectivity index (χ2v) is 13.3. The lowest BCUT2D eigenvalue weighted by molar-refractivity contribution is -0.0266. The van der Waals surface area contributed by atoms with Gasteiger partial charge in [0.1, 0.15) is 0 Å². The Labute approximate surface area is 215 Å². The van der Waals surface area contributed by atoms with Crippen LogP contribution < -0.4 is 0 Å². The van der Waals surface area contributed by atoms with Gasteiger partial charge in [0.05, 0.1) is 16.8 Å². The molecule has 0 aromatic heterocycles. The zero-order valence-corrected chi connectivity index (χ0v) is 23.9. The maximum atomic E-state index is 13.0. The average molecular weight is 503 g/mol. The van der Waals surface area contributed by atoms with Gasteiger partial charge in [0, 0.05) is 0 Å². The van der Waals surface area contributed by atoms with E-state index in [0.29, 0.717) is 16.7 Å². The largest absolute Gasteiger partial charge is 0.393 e. The third-order valence-corrected chi connectivity index (χ3v) is 11.7. The van der Waals surface area contributed by atoms with Crippen LogP contribution in [0.15, 0.2) is 46.9 Å². The Morgan fingerprint density at radius 3 is 2.34 bits per heavy atom. The highest BCUT2D eigenvalue weighted by Gasteiger charge is 2.56. The minimum atomic E-state index is -3.24. The first-order chi connectivity index (χ1) is 16.8. The highest BCUT2D eigenvalue weighted by atomic mass is 32.2. The van der Waals surface area contributed by atoms with E-state index in [1.165, 1.54) is 32.1 Å². The van der Waals surface area contributed by atoms with Crippen LogP contribution in [0.3, 0.4) is 0 Å². The lowest BCUT2D eigenvalue weighted by Crippen LogP contribution is -2.47. The quantitative estimate of drug-likeness (QED) is 0.429. The first-order valence-electron chi connectivity index (χ1n) is 14.4. The summed E-state index contributed by atoms with van der Waals surface area (Å²) in [7, 11) is -3.24.